The van der Waals surface area contributed by atoms with Crippen molar-refractivity contribution in [2.45, 2.75) is 6.23 Å². The van der Waals surface area contributed by atoms with Crippen LogP contribution in [-0.2, 0) is 0 Å². The summed E-state index contributed by atoms with van der Waals surface area (Å²) >= 11 is 6.50. The molecule has 2 aromatic rings. The maximum Gasteiger partial charge on any atom is 0.255 e. The number of aliphatic hydroxyl groups excluding tert-OH is 1. The van der Waals surface area contributed by atoms with Crippen molar-refractivity contribution in [3.63, 3.8) is 0 Å². The Morgan fingerprint density at radius 1 is 1.19 bits per heavy atom. The molecule has 0 fully saturated rings. The fourth-order valence-corrected chi connectivity index (χ4v) is 2.80. The molecule has 0 radical (unpaired) electrons. The zero-order chi connectivity index (χ0) is 15.4. The summed E-state index contributed by atoms with van der Waals surface area (Å²) in [5.74, 6) is -0.232. The molecule has 0 spiro atoms. The molecule has 4 nitrogen and oxygen atoms in total. The number of nitriles is 1. The molecule has 2 N–H and O–H groups in total. The zero-order valence-corrected chi connectivity index (χ0v) is 13.8. The minimum Gasteiger partial charge on any atom is -0.369 e. The molecule has 1 aliphatic rings. The van der Waals surface area contributed by atoms with Crippen molar-refractivity contribution in [3.05, 3.63) is 68.1 Å². The number of carbonyl (C=O) groups excluding carboxylic acids is 1. The minimum absolute atomic E-state index is 0.232. The number of nitrogens with zero attached hydrogens (tertiary/aromatic N) is 1. The van der Waals surface area contributed by atoms with E-state index in [-0.39, 0.29) is 5.91 Å². The smallest absolute Gasteiger partial charge is 0.255 e. The first-order valence-corrected chi connectivity index (χ1v) is 7.54. The van der Waals surface area contributed by atoms with Gasteiger partial charge in [0.2, 0.25) is 0 Å². The Kier molecular flexibility index (Phi) is 5.12. The molecule has 0 bridgehead atoms. The number of hydrogen-bond donors (Lipinski definition) is 2. The Hall–Kier alpha value is -1.68. The summed E-state index contributed by atoms with van der Waals surface area (Å²) in [4.78, 5) is 11.2. The topological polar surface area (TPSA) is 73.1 Å². The van der Waals surface area contributed by atoms with Crippen LogP contribution in [0.4, 0.5) is 0 Å². The van der Waals surface area contributed by atoms with Crippen LogP contribution >= 0.6 is 31.9 Å². The fourth-order valence-electron chi connectivity index (χ4n) is 1.84. The summed E-state index contributed by atoms with van der Waals surface area (Å²) < 4.78 is 1.66. The van der Waals surface area contributed by atoms with Crippen LogP contribution in [0.15, 0.2) is 51.4 Å². The molecule has 0 saturated carbocycles. The average molecular weight is 410 g/mol. The first-order chi connectivity index (χ1) is 10.0. The minimum atomic E-state index is -0.856. The first-order valence-electron chi connectivity index (χ1n) is 5.96. The van der Waals surface area contributed by atoms with Crippen LogP contribution in [0.5, 0.6) is 0 Å². The number of amides is 1. The molecular formula is C15H10Br2N2O2. The third kappa shape index (κ3) is 3.70. The SMILES string of the molecule is N#Cc1cccc(Br)c1.O=C1NC(O)c2cccc(Br)c21. The standard InChI is InChI=1S/C8H6BrNO2.C7H4BrN/c9-5-3-1-2-4-6(5)8(12)10-7(4)11;8-7-3-1-2-6(4-7)5-9/h1-3,7,11H,(H,10,12);1-4H. The van der Waals surface area contributed by atoms with Crippen LogP contribution in [0.1, 0.15) is 27.7 Å². The van der Waals surface area contributed by atoms with E-state index >= 15 is 0 Å². The summed E-state index contributed by atoms with van der Waals surface area (Å²) in [7, 11) is 0. The van der Waals surface area contributed by atoms with Gasteiger partial charge in [0.15, 0.2) is 6.23 Å². The van der Waals surface area contributed by atoms with E-state index in [0.29, 0.717) is 21.2 Å². The van der Waals surface area contributed by atoms with Crippen LogP contribution in [0.25, 0.3) is 0 Å². The molecule has 6 heteroatoms. The molecule has 1 heterocycles. The Labute approximate surface area is 138 Å². The molecule has 106 valence electrons. The highest BCUT2D eigenvalue weighted by Gasteiger charge is 2.28. The van der Waals surface area contributed by atoms with Crippen LogP contribution in [0.3, 0.4) is 0 Å². The highest BCUT2D eigenvalue weighted by molar-refractivity contribution is 9.10. The van der Waals surface area contributed by atoms with E-state index < -0.39 is 6.23 Å². The predicted molar refractivity (Wildman–Crippen MR) is 85.4 cm³/mol. The quantitative estimate of drug-likeness (QED) is 0.699. The van der Waals surface area contributed by atoms with E-state index in [2.05, 4.69) is 37.2 Å². The maximum absolute atomic E-state index is 11.2. The van der Waals surface area contributed by atoms with Gasteiger partial charge in [-0.2, -0.15) is 5.26 Å². The van der Waals surface area contributed by atoms with E-state index in [1.54, 1.807) is 30.3 Å². The van der Waals surface area contributed by atoms with Gasteiger partial charge in [-0.1, -0.05) is 34.1 Å². The van der Waals surface area contributed by atoms with Crippen LogP contribution in [0.2, 0.25) is 0 Å². The second-order valence-electron chi connectivity index (χ2n) is 4.20. The maximum atomic E-state index is 11.2. The molecule has 0 saturated heterocycles. The lowest BCUT2D eigenvalue weighted by Gasteiger charge is -2.01. The Bertz CT molecular complexity index is 726. The van der Waals surface area contributed by atoms with E-state index in [9.17, 15) is 9.90 Å². The highest BCUT2D eigenvalue weighted by atomic mass is 79.9. The van der Waals surface area contributed by atoms with Crippen molar-refractivity contribution in [2.24, 2.45) is 0 Å². The molecule has 1 unspecified atom stereocenters. The summed E-state index contributed by atoms with van der Waals surface area (Å²) in [5, 5.41) is 20.1. The second kappa shape index (κ2) is 6.85. The molecule has 1 atom stereocenters. The Morgan fingerprint density at radius 2 is 1.90 bits per heavy atom. The summed E-state index contributed by atoms with van der Waals surface area (Å²) in [6, 6.07) is 14.6. The lowest BCUT2D eigenvalue weighted by atomic mass is 10.1. The summed E-state index contributed by atoms with van der Waals surface area (Å²) in [5.41, 5.74) is 1.85. The van der Waals surface area contributed by atoms with Crippen LogP contribution in [-0.4, -0.2) is 11.0 Å². The highest BCUT2D eigenvalue weighted by Crippen LogP contribution is 2.29. The predicted octanol–water partition coefficient (Wildman–Crippen LogP) is 3.50. The molecule has 1 aliphatic heterocycles. The number of rotatable bonds is 0. The van der Waals surface area contributed by atoms with Crippen molar-refractivity contribution in [2.75, 3.05) is 0 Å². The van der Waals surface area contributed by atoms with Crippen molar-refractivity contribution in [1.29, 1.82) is 5.26 Å². The number of nitrogens with one attached hydrogen (secondary N) is 1. The van der Waals surface area contributed by atoms with Gasteiger partial charge in [-0.05, 0) is 40.2 Å². The largest absolute Gasteiger partial charge is 0.369 e. The Morgan fingerprint density at radius 3 is 2.48 bits per heavy atom. The number of fused-ring (bicyclic) bond motifs is 1. The van der Waals surface area contributed by atoms with Gasteiger partial charge in [-0.15, -0.1) is 0 Å². The number of benzene rings is 2. The van der Waals surface area contributed by atoms with Gasteiger partial charge in [-0.3, -0.25) is 4.79 Å². The first kappa shape index (κ1) is 15.7. The van der Waals surface area contributed by atoms with Crippen LogP contribution < -0.4 is 5.32 Å². The van der Waals surface area contributed by atoms with Gasteiger partial charge in [0.05, 0.1) is 17.2 Å². The zero-order valence-electron chi connectivity index (χ0n) is 10.7. The van der Waals surface area contributed by atoms with Gasteiger partial charge in [-0.25, -0.2) is 0 Å². The molecule has 0 aliphatic carbocycles. The third-order valence-electron chi connectivity index (χ3n) is 2.79. The third-order valence-corrected chi connectivity index (χ3v) is 3.94. The lowest BCUT2D eigenvalue weighted by Crippen LogP contribution is -2.18. The van der Waals surface area contributed by atoms with Gasteiger partial charge in [0.25, 0.3) is 5.91 Å². The lowest BCUT2D eigenvalue weighted by molar-refractivity contribution is 0.0850. The summed E-state index contributed by atoms with van der Waals surface area (Å²) in [6.45, 7) is 0. The molecule has 0 aromatic heterocycles. The van der Waals surface area contributed by atoms with E-state index in [0.717, 1.165) is 4.47 Å². The molecular weight excluding hydrogens is 400 g/mol. The number of hydrogen-bond acceptors (Lipinski definition) is 3. The average Bonchev–Trinajstić information content (AvgIpc) is 2.76. The number of halogens is 2. The van der Waals surface area contributed by atoms with Gasteiger partial charge in [0.1, 0.15) is 0 Å². The van der Waals surface area contributed by atoms with Crippen molar-refractivity contribution in [3.8, 4) is 6.07 Å². The normalized spacial score (nSPS) is 15.3. The van der Waals surface area contributed by atoms with E-state index in [1.165, 1.54) is 0 Å². The summed E-state index contributed by atoms with van der Waals surface area (Å²) in [6.07, 6.45) is -0.856. The molecule has 3 rings (SSSR count). The molecule has 21 heavy (non-hydrogen) atoms. The number of aliphatic hydroxyl groups is 1. The van der Waals surface area contributed by atoms with Gasteiger partial charge in [0, 0.05) is 14.5 Å². The van der Waals surface area contributed by atoms with Crippen molar-refractivity contribution >= 4 is 37.8 Å². The second-order valence-corrected chi connectivity index (χ2v) is 5.97. The van der Waals surface area contributed by atoms with Gasteiger partial charge < -0.3 is 10.4 Å². The van der Waals surface area contributed by atoms with Crippen molar-refractivity contribution < 1.29 is 9.90 Å². The van der Waals surface area contributed by atoms with E-state index in [4.69, 9.17) is 5.26 Å². The van der Waals surface area contributed by atoms with Crippen LogP contribution in [0, 0.1) is 11.3 Å². The molecule has 2 aromatic carbocycles. The molecule has 1 amide bonds. The number of carbonyl (C=O) groups is 1. The van der Waals surface area contributed by atoms with Gasteiger partial charge >= 0.3 is 0 Å². The fraction of sp³-hybridized carbons (Fsp3) is 0.0667. The van der Waals surface area contributed by atoms with E-state index in [1.807, 2.05) is 18.2 Å². The Balaban J connectivity index is 0.000000161. The van der Waals surface area contributed by atoms with Crippen molar-refractivity contribution in [1.82, 2.24) is 5.32 Å². The monoisotopic (exact) mass is 408 g/mol.